The first kappa shape index (κ1) is 25.3. The van der Waals surface area contributed by atoms with Gasteiger partial charge >= 0.3 is 5.69 Å². The maximum Gasteiger partial charge on any atom is 0.326 e. The lowest BCUT2D eigenvalue weighted by Crippen LogP contribution is -2.40. The van der Waals surface area contributed by atoms with Crippen molar-refractivity contribution < 1.29 is 23.8 Å². The third kappa shape index (κ3) is 4.16. The number of H-pyrrole nitrogens is 1. The number of benzene rings is 2. The molecule has 9 nitrogen and oxygen atoms in total. The lowest BCUT2D eigenvalue weighted by Gasteiger charge is -2.26. The number of primary amides is 1. The molecule has 0 saturated carbocycles. The summed E-state index contributed by atoms with van der Waals surface area (Å²) >= 11 is 0. The number of aromatic nitrogens is 3. The van der Waals surface area contributed by atoms with Crippen molar-refractivity contribution in [2.75, 3.05) is 6.61 Å². The van der Waals surface area contributed by atoms with Crippen molar-refractivity contribution in [1.82, 2.24) is 14.5 Å². The van der Waals surface area contributed by atoms with Gasteiger partial charge in [0.25, 0.3) is 0 Å². The van der Waals surface area contributed by atoms with Crippen molar-refractivity contribution in [1.29, 1.82) is 0 Å². The molecule has 1 aliphatic heterocycles. The molecule has 2 aromatic heterocycles. The molecule has 196 valence electrons. The number of ketones is 1. The molecule has 0 bridgehead atoms. The normalized spacial score (nSPS) is 18.1. The lowest BCUT2D eigenvalue weighted by molar-refractivity contribution is -0.123. The molecule has 0 unspecified atom stereocenters. The van der Waals surface area contributed by atoms with Gasteiger partial charge in [-0.1, -0.05) is 0 Å². The van der Waals surface area contributed by atoms with Gasteiger partial charge in [0.2, 0.25) is 5.91 Å². The second-order valence-corrected chi connectivity index (χ2v) is 10.1. The third-order valence-electron chi connectivity index (χ3n) is 7.35. The van der Waals surface area contributed by atoms with E-state index in [1.54, 1.807) is 45.2 Å². The van der Waals surface area contributed by atoms with Gasteiger partial charge < -0.3 is 20.6 Å². The van der Waals surface area contributed by atoms with Gasteiger partial charge in [0, 0.05) is 30.2 Å². The minimum atomic E-state index is -1.56. The maximum absolute atomic E-state index is 13.6. The molecule has 38 heavy (non-hydrogen) atoms. The van der Waals surface area contributed by atoms with Crippen molar-refractivity contribution in [2.45, 2.75) is 37.7 Å². The average molecular weight is 519 g/mol. The highest BCUT2D eigenvalue weighted by Crippen LogP contribution is 2.45. The van der Waals surface area contributed by atoms with Crippen molar-refractivity contribution in [3.05, 3.63) is 81.7 Å². The first-order valence-corrected chi connectivity index (χ1v) is 12.1. The molecular weight excluding hydrogens is 491 g/mol. The van der Waals surface area contributed by atoms with E-state index in [1.165, 1.54) is 28.8 Å². The van der Waals surface area contributed by atoms with Gasteiger partial charge in [-0.25, -0.2) is 14.2 Å². The lowest BCUT2D eigenvalue weighted by atomic mass is 9.81. The van der Waals surface area contributed by atoms with Crippen molar-refractivity contribution >= 4 is 22.7 Å². The van der Waals surface area contributed by atoms with Crippen LogP contribution in [-0.4, -0.2) is 37.9 Å². The van der Waals surface area contributed by atoms with Crippen LogP contribution in [-0.2, 0) is 22.9 Å². The molecule has 2 aromatic carbocycles. The summed E-state index contributed by atoms with van der Waals surface area (Å²) in [5, 5.41) is 11.5. The number of hydrogen-bond acceptors (Lipinski definition) is 6. The minimum absolute atomic E-state index is 0.00174. The highest BCUT2D eigenvalue weighted by Gasteiger charge is 2.45. The largest absolute Gasteiger partial charge is 0.489 e. The van der Waals surface area contributed by atoms with E-state index in [2.05, 4.69) is 9.97 Å². The number of fused-ring (bicyclic) bond motifs is 2. The Balaban J connectivity index is 1.49. The number of hydrogen-bond donors (Lipinski definition) is 3. The minimum Gasteiger partial charge on any atom is -0.489 e. The number of aliphatic hydroxyl groups is 1. The fourth-order valence-corrected chi connectivity index (χ4v) is 4.69. The fourth-order valence-electron chi connectivity index (χ4n) is 4.69. The number of pyridine rings is 1. The number of carbonyl (C=O) groups is 2. The Hall–Kier alpha value is -4.31. The van der Waals surface area contributed by atoms with Gasteiger partial charge in [0.05, 0.1) is 16.7 Å². The van der Waals surface area contributed by atoms with Crippen LogP contribution in [0, 0.1) is 5.82 Å². The monoisotopic (exact) mass is 518 g/mol. The zero-order chi connectivity index (χ0) is 27.4. The van der Waals surface area contributed by atoms with E-state index in [-0.39, 0.29) is 36.6 Å². The van der Waals surface area contributed by atoms with Crippen LogP contribution in [0.4, 0.5) is 4.39 Å². The summed E-state index contributed by atoms with van der Waals surface area (Å²) in [5.74, 6) is -0.888. The van der Waals surface area contributed by atoms with Crippen molar-refractivity contribution in [2.24, 2.45) is 12.8 Å². The molecular formula is C28H27FN4O5. The van der Waals surface area contributed by atoms with Crippen LogP contribution in [0.15, 0.2) is 53.3 Å². The molecule has 4 aromatic rings. The number of ether oxygens (including phenoxy) is 1. The fraction of sp³-hybridized carbons (Fsp3) is 0.286. The summed E-state index contributed by atoms with van der Waals surface area (Å²) in [6, 6.07) is 12.2. The molecule has 0 radical (unpaired) electrons. The highest BCUT2D eigenvalue weighted by molar-refractivity contribution is 5.99. The van der Waals surface area contributed by atoms with Crippen LogP contribution >= 0.6 is 0 Å². The van der Waals surface area contributed by atoms with E-state index in [1.807, 2.05) is 0 Å². The molecule has 10 heteroatoms. The number of rotatable bonds is 7. The van der Waals surface area contributed by atoms with Crippen LogP contribution < -0.4 is 16.2 Å². The number of nitrogens with one attached hydrogen (secondary N) is 1. The average Bonchev–Trinajstić information content (AvgIpc) is 3.39. The zero-order valence-electron chi connectivity index (χ0n) is 21.2. The van der Waals surface area contributed by atoms with Crippen LogP contribution in [0.5, 0.6) is 5.75 Å². The number of amides is 1. The predicted octanol–water partition coefficient (Wildman–Crippen LogP) is 3.07. The molecule has 1 amide bonds. The zero-order valence-corrected chi connectivity index (χ0v) is 21.2. The Kier molecular flexibility index (Phi) is 5.94. The molecule has 5 rings (SSSR count). The van der Waals surface area contributed by atoms with Gasteiger partial charge in [0.1, 0.15) is 34.9 Å². The second-order valence-electron chi connectivity index (χ2n) is 10.1. The standard InChI is InChI=1S/C28H27FN4O5/c1-27(25(30)35)14-38-24-18(27)13-22(32-23(24)15-4-7-17(29)8-5-15)28(2,37)11-10-21(34)16-6-9-19-20(12-16)33(3)26(36)31-19/h4-9,12-13,37H,10-11,14H2,1-3H3,(H2,30,35)(H,31,36)/t27-,28-/m0/s1. The number of halogens is 1. The topological polar surface area (TPSA) is 140 Å². The Morgan fingerprint density at radius 2 is 1.95 bits per heavy atom. The molecule has 1 aliphatic rings. The van der Waals surface area contributed by atoms with Gasteiger partial charge in [0.15, 0.2) is 5.78 Å². The number of nitrogens with two attached hydrogens (primary N) is 1. The molecule has 0 aliphatic carbocycles. The first-order valence-electron chi connectivity index (χ1n) is 12.1. The quantitative estimate of drug-likeness (QED) is 0.321. The van der Waals surface area contributed by atoms with E-state index >= 15 is 0 Å². The summed E-state index contributed by atoms with van der Waals surface area (Å²) in [5.41, 5.74) is 5.92. The van der Waals surface area contributed by atoms with Gasteiger partial charge in [-0.15, -0.1) is 0 Å². The van der Waals surface area contributed by atoms with E-state index in [0.29, 0.717) is 39.2 Å². The van der Waals surface area contributed by atoms with Crippen LogP contribution in [0.1, 0.15) is 48.3 Å². The van der Waals surface area contributed by atoms with E-state index in [4.69, 9.17) is 10.5 Å². The molecule has 4 N–H and O–H groups in total. The highest BCUT2D eigenvalue weighted by atomic mass is 19.1. The number of carbonyl (C=O) groups excluding carboxylic acids is 2. The van der Waals surface area contributed by atoms with E-state index in [9.17, 15) is 23.9 Å². The van der Waals surface area contributed by atoms with Crippen molar-refractivity contribution in [3.63, 3.8) is 0 Å². The summed E-state index contributed by atoms with van der Waals surface area (Å²) in [7, 11) is 1.61. The number of nitrogens with zero attached hydrogens (tertiary/aromatic N) is 2. The van der Waals surface area contributed by atoms with E-state index < -0.39 is 22.7 Å². The van der Waals surface area contributed by atoms with Gasteiger partial charge in [-0.2, -0.15) is 0 Å². The van der Waals surface area contributed by atoms with Crippen LogP contribution in [0.2, 0.25) is 0 Å². The summed E-state index contributed by atoms with van der Waals surface area (Å²) in [6.07, 6.45) is 0.0177. The molecule has 0 fully saturated rings. The van der Waals surface area contributed by atoms with Crippen molar-refractivity contribution in [3.8, 4) is 17.0 Å². The Morgan fingerprint density at radius 3 is 2.63 bits per heavy atom. The molecule has 3 heterocycles. The van der Waals surface area contributed by atoms with Crippen LogP contribution in [0.25, 0.3) is 22.3 Å². The van der Waals surface area contributed by atoms with Gasteiger partial charge in [-0.05, 0) is 68.8 Å². The second kappa shape index (κ2) is 8.91. The summed E-state index contributed by atoms with van der Waals surface area (Å²) in [6.45, 7) is 3.20. The third-order valence-corrected chi connectivity index (χ3v) is 7.35. The summed E-state index contributed by atoms with van der Waals surface area (Å²) < 4.78 is 20.9. The number of Topliss-reactive ketones (excluding diaryl/α,β-unsaturated/α-hetero) is 1. The molecule has 2 atom stereocenters. The van der Waals surface area contributed by atoms with Gasteiger partial charge in [-0.3, -0.25) is 14.2 Å². The first-order chi connectivity index (χ1) is 17.9. The number of aromatic amines is 1. The Labute approximate surface area is 217 Å². The Morgan fingerprint density at radius 1 is 1.24 bits per heavy atom. The van der Waals surface area contributed by atoms with E-state index in [0.717, 1.165) is 0 Å². The maximum atomic E-state index is 13.6. The Bertz CT molecular complexity index is 1650. The SMILES string of the molecule is Cn1c(=O)[nH]c2ccc(C(=O)CC[C@](C)(O)c3cc4c(c(-c5ccc(F)cc5)n3)OC[C@]4(C)C(N)=O)cc21. The van der Waals surface area contributed by atoms with Crippen LogP contribution in [0.3, 0.4) is 0 Å². The number of aryl methyl sites for hydroxylation is 1. The number of imidazole rings is 1. The molecule has 0 saturated heterocycles. The predicted molar refractivity (Wildman–Crippen MR) is 138 cm³/mol. The molecule has 0 spiro atoms. The summed E-state index contributed by atoms with van der Waals surface area (Å²) in [4.78, 5) is 44.6. The smallest absolute Gasteiger partial charge is 0.326 e.